The first kappa shape index (κ1) is 16.4. The minimum atomic E-state index is -4.10. The molecule has 0 unspecified atom stereocenters. The number of hydrogen-bond acceptors (Lipinski definition) is 3. The fourth-order valence-corrected chi connectivity index (χ4v) is 3.84. The zero-order valence-electron chi connectivity index (χ0n) is 10.1. The van der Waals surface area contributed by atoms with Crippen molar-refractivity contribution in [2.45, 2.75) is 4.90 Å². The highest BCUT2D eigenvalue weighted by molar-refractivity contribution is 9.10. The van der Waals surface area contributed by atoms with E-state index in [2.05, 4.69) is 15.9 Å². The molecule has 2 N–H and O–H groups in total. The van der Waals surface area contributed by atoms with E-state index in [0.29, 0.717) is 4.47 Å². The average molecular weight is 415 g/mol. The van der Waals surface area contributed by atoms with E-state index >= 15 is 0 Å². The van der Waals surface area contributed by atoms with E-state index in [-0.39, 0.29) is 20.6 Å². The predicted molar refractivity (Wildman–Crippen MR) is 83.0 cm³/mol. The second-order valence-electron chi connectivity index (χ2n) is 3.96. The maximum absolute atomic E-state index is 13.3. The van der Waals surface area contributed by atoms with Crippen molar-refractivity contribution in [2.75, 3.05) is 4.72 Å². The largest absolute Gasteiger partial charge is 0.504 e. The summed E-state index contributed by atoms with van der Waals surface area (Å²) in [5, 5.41) is 9.34. The molecular weight excluding hydrogens is 408 g/mol. The third-order valence-corrected chi connectivity index (χ3v) is 5.09. The maximum Gasteiger partial charge on any atom is 0.263 e. The molecule has 0 heterocycles. The molecule has 0 aliphatic carbocycles. The SMILES string of the molecule is O=S(=O)(Nc1cc(F)cc(Cl)c1O)c1ccc(Br)cc1Cl. The van der Waals surface area contributed by atoms with Gasteiger partial charge in [0.2, 0.25) is 0 Å². The number of phenols is 1. The van der Waals surface area contributed by atoms with Crippen LogP contribution in [0, 0.1) is 5.82 Å². The molecule has 4 nitrogen and oxygen atoms in total. The van der Waals surface area contributed by atoms with Crippen LogP contribution in [0.25, 0.3) is 0 Å². The van der Waals surface area contributed by atoms with Crippen molar-refractivity contribution in [1.29, 1.82) is 0 Å². The molecule has 112 valence electrons. The summed E-state index contributed by atoms with van der Waals surface area (Å²) in [4.78, 5) is -0.216. The molecule has 0 spiro atoms. The highest BCUT2D eigenvalue weighted by Crippen LogP contribution is 2.35. The fraction of sp³-hybridized carbons (Fsp3) is 0. The summed E-state index contributed by atoms with van der Waals surface area (Å²) < 4.78 is 40.3. The van der Waals surface area contributed by atoms with Crippen molar-refractivity contribution in [3.8, 4) is 5.75 Å². The topological polar surface area (TPSA) is 66.4 Å². The van der Waals surface area contributed by atoms with Gasteiger partial charge in [0.15, 0.2) is 5.75 Å². The quantitative estimate of drug-likeness (QED) is 0.731. The summed E-state index contributed by atoms with van der Waals surface area (Å²) in [6.45, 7) is 0. The molecule has 0 saturated heterocycles. The van der Waals surface area contributed by atoms with Crippen LogP contribution in [0.2, 0.25) is 10.0 Å². The molecule has 9 heteroatoms. The summed E-state index contributed by atoms with van der Waals surface area (Å²) in [7, 11) is -4.10. The van der Waals surface area contributed by atoms with Crippen LogP contribution in [0.3, 0.4) is 0 Å². The van der Waals surface area contributed by atoms with Crippen molar-refractivity contribution >= 4 is 54.8 Å². The molecule has 0 aliphatic rings. The Balaban J connectivity index is 2.47. The predicted octanol–water partition coefficient (Wildman–Crippen LogP) is 4.40. The summed E-state index contributed by atoms with van der Waals surface area (Å²) in [6, 6.07) is 5.83. The molecule has 0 aromatic heterocycles. The van der Waals surface area contributed by atoms with Gasteiger partial charge in [-0.05, 0) is 24.3 Å². The Bertz CT molecular complexity index is 814. The van der Waals surface area contributed by atoms with Gasteiger partial charge in [0.25, 0.3) is 10.0 Å². The summed E-state index contributed by atoms with van der Waals surface area (Å²) in [5.41, 5.74) is -0.376. The third-order valence-electron chi connectivity index (χ3n) is 2.46. The molecule has 0 aliphatic heterocycles. The molecule has 2 aromatic rings. The lowest BCUT2D eigenvalue weighted by molar-refractivity contribution is 0.476. The molecule has 21 heavy (non-hydrogen) atoms. The van der Waals surface area contributed by atoms with Crippen molar-refractivity contribution in [3.63, 3.8) is 0 Å². The zero-order valence-corrected chi connectivity index (χ0v) is 14.0. The molecule has 2 aromatic carbocycles. The Morgan fingerprint density at radius 3 is 2.43 bits per heavy atom. The van der Waals surface area contributed by atoms with Crippen LogP contribution in [-0.2, 0) is 10.0 Å². The van der Waals surface area contributed by atoms with Crippen LogP contribution in [0.4, 0.5) is 10.1 Å². The van der Waals surface area contributed by atoms with Crippen LogP contribution in [0.5, 0.6) is 5.75 Å². The molecule has 0 amide bonds. The third kappa shape index (κ3) is 3.60. The average Bonchev–Trinajstić information content (AvgIpc) is 2.34. The number of anilines is 1. The molecule has 0 atom stereocenters. The summed E-state index contributed by atoms with van der Waals surface area (Å²) in [5.74, 6) is -1.37. The Morgan fingerprint density at radius 1 is 1.14 bits per heavy atom. The zero-order chi connectivity index (χ0) is 15.8. The second kappa shape index (κ2) is 6.00. The van der Waals surface area contributed by atoms with Gasteiger partial charge < -0.3 is 5.11 Å². The number of halogens is 4. The number of phenolic OH excluding ortho intramolecular Hbond substituents is 1. The van der Waals surface area contributed by atoms with Crippen LogP contribution < -0.4 is 4.72 Å². The van der Waals surface area contributed by atoms with Gasteiger partial charge in [0.1, 0.15) is 10.7 Å². The number of sulfonamides is 1. The van der Waals surface area contributed by atoms with Gasteiger partial charge in [0.05, 0.1) is 15.7 Å². The standard InChI is InChI=1S/C12H7BrCl2FNO3S/c13-6-1-2-11(8(14)3-6)21(19,20)17-10-5-7(16)4-9(15)12(10)18/h1-5,17-18H. The lowest BCUT2D eigenvalue weighted by Crippen LogP contribution is -2.13. The van der Waals surface area contributed by atoms with E-state index in [1.165, 1.54) is 18.2 Å². The van der Waals surface area contributed by atoms with Gasteiger partial charge in [-0.2, -0.15) is 0 Å². The van der Waals surface area contributed by atoms with E-state index in [9.17, 15) is 17.9 Å². The lowest BCUT2D eigenvalue weighted by Gasteiger charge is -2.12. The summed E-state index contributed by atoms with van der Waals surface area (Å²) >= 11 is 14.6. The smallest absolute Gasteiger partial charge is 0.263 e. The van der Waals surface area contributed by atoms with E-state index in [0.717, 1.165) is 12.1 Å². The van der Waals surface area contributed by atoms with Gasteiger partial charge in [-0.1, -0.05) is 39.1 Å². The van der Waals surface area contributed by atoms with Crippen LogP contribution in [-0.4, -0.2) is 13.5 Å². The normalized spacial score (nSPS) is 11.4. The Kier molecular flexibility index (Phi) is 4.67. The van der Waals surface area contributed by atoms with Crippen LogP contribution in [0.15, 0.2) is 39.7 Å². The van der Waals surface area contributed by atoms with Gasteiger partial charge in [-0.25, -0.2) is 12.8 Å². The minimum Gasteiger partial charge on any atom is -0.504 e. The van der Waals surface area contributed by atoms with E-state index < -0.39 is 21.6 Å². The number of benzene rings is 2. The first-order valence-corrected chi connectivity index (χ1v) is 8.40. The van der Waals surface area contributed by atoms with Crippen LogP contribution in [0.1, 0.15) is 0 Å². The van der Waals surface area contributed by atoms with E-state index in [1.807, 2.05) is 4.72 Å². The molecule has 0 radical (unpaired) electrons. The Hall–Kier alpha value is -1.02. The van der Waals surface area contributed by atoms with Crippen molar-refractivity contribution in [2.24, 2.45) is 0 Å². The Morgan fingerprint density at radius 2 is 1.81 bits per heavy atom. The van der Waals surface area contributed by atoms with E-state index in [4.69, 9.17) is 23.2 Å². The van der Waals surface area contributed by atoms with E-state index in [1.54, 1.807) is 0 Å². The number of nitrogens with one attached hydrogen (secondary N) is 1. The second-order valence-corrected chi connectivity index (χ2v) is 7.34. The highest BCUT2D eigenvalue weighted by Gasteiger charge is 2.21. The summed E-state index contributed by atoms with van der Waals surface area (Å²) in [6.07, 6.45) is 0. The Labute approximate surface area is 138 Å². The van der Waals surface area contributed by atoms with Crippen LogP contribution >= 0.6 is 39.1 Å². The number of hydrogen-bond donors (Lipinski definition) is 2. The fourth-order valence-electron chi connectivity index (χ4n) is 1.54. The van der Waals surface area contributed by atoms with Gasteiger partial charge in [0, 0.05) is 10.5 Å². The van der Waals surface area contributed by atoms with Gasteiger partial charge >= 0.3 is 0 Å². The molecular formula is C12H7BrCl2FNO3S. The lowest BCUT2D eigenvalue weighted by atomic mass is 10.3. The van der Waals surface area contributed by atoms with Crippen molar-refractivity contribution in [3.05, 3.63) is 50.7 Å². The van der Waals surface area contributed by atoms with Crippen molar-refractivity contribution in [1.82, 2.24) is 0 Å². The molecule has 0 bridgehead atoms. The number of rotatable bonds is 3. The first-order chi connectivity index (χ1) is 9.70. The number of aromatic hydroxyl groups is 1. The maximum atomic E-state index is 13.3. The molecule has 0 saturated carbocycles. The van der Waals surface area contributed by atoms with Gasteiger partial charge in [-0.3, -0.25) is 4.72 Å². The molecule has 2 rings (SSSR count). The highest BCUT2D eigenvalue weighted by atomic mass is 79.9. The van der Waals surface area contributed by atoms with Crippen molar-refractivity contribution < 1.29 is 17.9 Å². The monoisotopic (exact) mass is 413 g/mol. The first-order valence-electron chi connectivity index (χ1n) is 5.36. The minimum absolute atomic E-state index is 0.0288. The van der Waals surface area contributed by atoms with Gasteiger partial charge in [-0.15, -0.1) is 0 Å². The molecule has 0 fully saturated rings.